The molecule has 0 heterocycles. The number of benzene rings is 3. The van der Waals surface area contributed by atoms with Crippen LogP contribution in [0.5, 0.6) is 0 Å². The van der Waals surface area contributed by atoms with Crippen LogP contribution in [0.4, 0.5) is 0 Å². The van der Waals surface area contributed by atoms with Gasteiger partial charge >= 0.3 is 0 Å². The van der Waals surface area contributed by atoms with E-state index in [2.05, 4.69) is 58.0 Å². The van der Waals surface area contributed by atoms with E-state index in [9.17, 15) is 19.8 Å². The van der Waals surface area contributed by atoms with Crippen LogP contribution >= 0.6 is 0 Å². The van der Waals surface area contributed by atoms with Gasteiger partial charge in [0.15, 0.2) is 0 Å². The first-order valence-electron chi connectivity index (χ1n) is 17.2. The van der Waals surface area contributed by atoms with Crippen molar-refractivity contribution in [1.29, 1.82) is 0 Å². The maximum atomic E-state index is 12.8. The normalized spacial score (nSPS) is 11.2. The van der Waals surface area contributed by atoms with E-state index in [1.807, 2.05) is 6.07 Å². The fourth-order valence-corrected chi connectivity index (χ4v) is 6.30. The third-order valence-electron chi connectivity index (χ3n) is 8.77. The fourth-order valence-electron chi connectivity index (χ4n) is 6.30. The summed E-state index contributed by atoms with van der Waals surface area (Å²) >= 11 is 0. The first kappa shape index (κ1) is 35.1. The Labute approximate surface area is 265 Å². The van der Waals surface area contributed by atoms with Crippen LogP contribution in [-0.2, 0) is 25.7 Å². The number of carbonyl (C=O) groups excluding carboxylic acids is 2. The summed E-state index contributed by atoms with van der Waals surface area (Å²) in [5.41, 5.74) is 7.08. The standard InChI is InChI=1S/C40H54O4/c1-5-9-13-17-29-21-23-33(31(27-29)19-15-11-7-3)35-25-26-36(39(41)42)38(40(43)44)37(35)34-24-22-30(18-14-10-6-2)28-32(34)20-16-12-8-4/h21-28H,5-20H2,1-4H3,(H,41,42)(H,43,44)/p-2. The molecule has 0 saturated heterocycles. The fraction of sp³-hybridized carbons (Fsp3) is 0.500. The van der Waals surface area contributed by atoms with Gasteiger partial charge in [0, 0.05) is 11.1 Å². The average Bonchev–Trinajstić information content (AvgIpc) is 3.01. The monoisotopic (exact) mass is 596 g/mol. The van der Waals surface area contributed by atoms with Gasteiger partial charge in [-0.2, -0.15) is 0 Å². The molecule has 0 atom stereocenters. The van der Waals surface area contributed by atoms with Crippen molar-refractivity contribution in [2.24, 2.45) is 0 Å². The Balaban J connectivity index is 2.31. The Morgan fingerprint density at radius 3 is 1.39 bits per heavy atom. The van der Waals surface area contributed by atoms with Crippen molar-refractivity contribution in [3.63, 3.8) is 0 Å². The molecule has 0 aliphatic carbocycles. The lowest BCUT2D eigenvalue weighted by atomic mass is 9.82. The smallest absolute Gasteiger partial charge is 0.0728 e. The number of unbranched alkanes of at least 4 members (excludes halogenated alkanes) is 8. The van der Waals surface area contributed by atoms with E-state index >= 15 is 0 Å². The molecule has 4 heteroatoms. The van der Waals surface area contributed by atoms with Crippen LogP contribution in [0.15, 0.2) is 48.5 Å². The lowest BCUT2D eigenvalue weighted by Gasteiger charge is -2.24. The number of carboxylic acid groups (broad SMARTS) is 2. The van der Waals surface area contributed by atoms with E-state index in [1.165, 1.54) is 35.6 Å². The van der Waals surface area contributed by atoms with Gasteiger partial charge in [-0.3, -0.25) is 0 Å². The van der Waals surface area contributed by atoms with Gasteiger partial charge in [-0.05, 0) is 95.9 Å². The van der Waals surface area contributed by atoms with Crippen LogP contribution in [0.1, 0.15) is 148 Å². The van der Waals surface area contributed by atoms with Crippen LogP contribution in [-0.4, -0.2) is 11.9 Å². The van der Waals surface area contributed by atoms with Gasteiger partial charge in [0.05, 0.1) is 11.9 Å². The number of rotatable bonds is 20. The maximum absolute atomic E-state index is 12.8. The van der Waals surface area contributed by atoms with Crippen molar-refractivity contribution in [3.05, 3.63) is 81.9 Å². The number of hydrogen-bond acceptors (Lipinski definition) is 4. The zero-order valence-corrected chi connectivity index (χ0v) is 27.6. The summed E-state index contributed by atoms with van der Waals surface area (Å²) in [7, 11) is 0. The van der Waals surface area contributed by atoms with E-state index < -0.39 is 11.9 Å². The summed E-state index contributed by atoms with van der Waals surface area (Å²) in [5, 5.41) is 25.1. The van der Waals surface area contributed by atoms with Gasteiger partial charge in [-0.25, -0.2) is 0 Å². The molecule has 0 aliphatic rings. The van der Waals surface area contributed by atoms with Gasteiger partial charge in [0.2, 0.25) is 0 Å². The number of aromatic carboxylic acids is 2. The number of carboxylic acids is 2. The largest absolute Gasteiger partial charge is 0.545 e. The summed E-state index contributed by atoms with van der Waals surface area (Å²) < 4.78 is 0. The topological polar surface area (TPSA) is 80.3 Å². The van der Waals surface area contributed by atoms with Crippen LogP contribution in [0.2, 0.25) is 0 Å². The molecule has 0 aliphatic heterocycles. The number of carbonyl (C=O) groups is 2. The Hall–Kier alpha value is -3.40. The first-order chi connectivity index (χ1) is 21.4. The molecule has 3 aromatic carbocycles. The molecule has 238 valence electrons. The highest BCUT2D eigenvalue weighted by atomic mass is 16.4. The first-order valence-corrected chi connectivity index (χ1v) is 17.2. The van der Waals surface area contributed by atoms with Crippen molar-refractivity contribution in [3.8, 4) is 22.3 Å². The minimum absolute atomic E-state index is 0.287. The Morgan fingerprint density at radius 1 is 0.500 bits per heavy atom. The summed E-state index contributed by atoms with van der Waals surface area (Å²) in [4.78, 5) is 25.1. The van der Waals surface area contributed by atoms with E-state index in [4.69, 9.17) is 0 Å². The SMILES string of the molecule is CCCCCc1ccc(-c2ccc(C(=O)[O-])c(C(=O)[O-])c2-c2ccc(CCCCC)cc2CCCCC)c(CCCCC)c1. The number of aryl methyl sites for hydroxylation is 4. The second-order valence-electron chi connectivity index (χ2n) is 12.3. The molecule has 0 N–H and O–H groups in total. The number of hydrogen-bond donors (Lipinski definition) is 0. The van der Waals surface area contributed by atoms with Crippen molar-refractivity contribution in [1.82, 2.24) is 0 Å². The lowest BCUT2D eigenvalue weighted by molar-refractivity contribution is -0.259. The maximum Gasteiger partial charge on any atom is 0.0728 e. The molecule has 0 unspecified atom stereocenters. The molecule has 3 rings (SSSR count). The van der Waals surface area contributed by atoms with Crippen LogP contribution in [0, 0.1) is 0 Å². The predicted octanol–water partition coefficient (Wildman–Crippen LogP) is 8.68. The molecule has 3 aromatic rings. The van der Waals surface area contributed by atoms with E-state index in [0.717, 1.165) is 112 Å². The van der Waals surface area contributed by atoms with E-state index in [0.29, 0.717) is 5.56 Å². The molecule has 0 radical (unpaired) electrons. The van der Waals surface area contributed by atoms with Gasteiger partial charge < -0.3 is 19.8 Å². The lowest BCUT2D eigenvalue weighted by Crippen LogP contribution is -2.31. The highest BCUT2D eigenvalue weighted by molar-refractivity contribution is 6.09. The van der Waals surface area contributed by atoms with Gasteiger partial charge in [-0.1, -0.05) is 128 Å². The third kappa shape index (κ3) is 9.55. The van der Waals surface area contributed by atoms with Crippen molar-refractivity contribution < 1.29 is 19.8 Å². The predicted molar refractivity (Wildman–Crippen MR) is 179 cm³/mol. The van der Waals surface area contributed by atoms with E-state index in [-0.39, 0.29) is 11.1 Å². The van der Waals surface area contributed by atoms with Crippen molar-refractivity contribution >= 4 is 11.9 Å². The molecule has 44 heavy (non-hydrogen) atoms. The molecule has 0 aromatic heterocycles. The summed E-state index contributed by atoms with van der Waals surface area (Å²) in [6, 6.07) is 16.1. The molecular weight excluding hydrogens is 544 g/mol. The second kappa shape index (κ2) is 18.4. The highest BCUT2D eigenvalue weighted by Crippen LogP contribution is 2.41. The molecule has 0 saturated carbocycles. The summed E-state index contributed by atoms with van der Waals surface area (Å²) in [5.74, 6) is -2.99. The summed E-state index contributed by atoms with van der Waals surface area (Å²) in [6.45, 7) is 8.77. The molecule has 0 fully saturated rings. The molecule has 0 spiro atoms. The average molecular weight is 597 g/mol. The highest BCUT2D eigenvalue weighted by Gasteiger charge is 2.22. The Morgan fingerprint density at radius 2 is 0.932 bits per heavy atom. The Kier molecular flexibility index (Phi) is 14.7. The molecular formula is C40H52O4-2. The van der Waals surface area contributed by atoms with Gasteiger partial charge in [-0.15, -0.1) is 0 Å². The summed E-state index contributed by atoms with van der Waals surface area (Å²) in [6.07, 6.45) is 16.9. The van der Waals surface area contributed by atoms with Gasteiger partial charge in [0.1, 0.15) is 0 Å². The van der Waals surface area contributed by atoms with E-state index in [1.54, 1.807) is 6.07 Å². The van der Waals surface area contributed by atoms with Crippen LogP contribution in [0.25, 0.3) is 22.3 Å². The third-order valence-corrected chi connectivity index (χ3v) is 8.77. The van der Waals surface area contributed by atoms with Crippen molar-refractivity contribution in [2.75, 3.05) is 0 Å². The Bertz CT molecular complexity index is 1370. The zero-order chi connectivity index (χ0) is 31.9. The van der Waals surface area contributed by atoms with Crippen LogP contribution in [0.3, 0.4) is 0 Å². The molecule has 0 bridgehead atoms. The molecule has 0 amide bonds. The molecule has 4 nitrogen and oxygen atoms in total. The van der Waals surface area contributed by atoms with Crippen molar-refractivity contribution in [2.45, 2.75) is 130 Å². The second-order valence-corrected chi connectivity index (χ2v) is 12.3. The van der Waals surface area contributed by atoms with Crippen LogP contribution < -0.4 is 10.2 Å². The van der Waals surface area contributed by atoms with Gasteiger partial charge in [0.25, 0.3) is 0 Å². The zero-order valence-electron chi connectivity index (χ0n) is 27.6. The minimum Gasteiger partial charge on any atom is -0.545 e. The minimum atomic E-state index is -1.50. The quantitative estimate of drug-likeness (QED) is 0.122.